The molecule has 0 spiro atoms. The number of aliphatic carboxylic acids is 2. The van der Waals surface area contributed by atoms with Crippen molar-refractivity contribution in [2.24, 2.45) is 11.5 Å². The van der Waals surface area contributed by atoms with Crippen LogP contribution in [0.5, 0.6) is 0 Å². The predicted octanol–water partition coefficient (Wildman–Crippen LogP) is -3.11. The SMILES string of the molecule is CSCCC(N)C(=O)NC(CC(N)=O)C(=O)NC(CS)C(=O)NC(CC(=O)O)C(=O)O. The van der Waals surface area contributed by atoms with Gasteiger partial charge in [0, 0.05) is 5.75 Å². The Hall–Kier alpha value is -2.52. The Bertz CT molecular complexity index is 693. The van der Waals surface area contributed by atoms with Gasteiger partial charge in [-0.3, -0.25) is 24.0 Å². The molecule has 0 aromatic carbocycles. The van der Waals surface area contributed by atoms with Crippen LogP contribution in [0.25, 0.3) is 0 Å². The average Bonchev–Trinajstić information content (AvgIpc) is 2.67. The molecule has 4 unspecified atom stereocenters. The zero-order chi connectivity index (χ0) is 24.1. The molecule has 0 saturated carbocycles. The Morgan fingerprint density at radius 3 is 1.87 bits per heavy atom. The van der Waals surface area contributed by atoms with Crippen LogP contribution in [0.4, 0.5) is 0 Å². The number of amides is 4. The second kappa shape index (κ2) is 14.5. The summed E-state index contributed by atoms with van der Waals surface area (Å²) in [5.74, 6) is -6.32. The number of nitrogens with one attached hydrogen (secondary N) is 3. The summed E-state index contributed by atoms with van der Waals surface area (Å²) in [7, 11) is 0. The summed E-state index contributed by atoms with van der Waals surface area (Å²) in [4.78, 5) is 70.1. The number of hydrogen-bond acceptors (Lipinski definition) is 9. The van der Waals surface area contributed by atoms with Crippen LogP contribution in [0.1, 0.15) is 19.3 Å². The number of primary amides is 1. The van der Waals surface area contributed by atoms with E-state index in [9.17, 15) is 28.8 Å². The zero-order valence-corrected chi connectivity index (χ0v) is 18.4. The summed E-state index contributed by atoms with van der Waals surface area (Å²) < 4.78 is 0. The predicted molar refractivity (Wildman–Crippen MR) is 114 cm³/mol. The van der Waals surface area contributed by atoms with Crippen LogP contribution >= 0.6 is 24.4 Å². The van der Waals surface area contributed by atoms with Crippen molar-refractivity contribution in [3.63, 3.8) is 0 Å². The first kappa shape index (κ1) is 28.5. The molecule has 0 aliphatic rings. The fraction of sp³-hybridized carbons (Fsp3) is 0.625. The zero-order valence-electron chi connectivity index (χ0n) is 16.7. The number of carbonyl (C=O) groups is 6. The van der Waals surface area contributed by atoms with E-state index in [0.717, 1.165) is 0 Å². The summed E-state index contributed by atoms with van der Waals surface area (Å²) in [5, 5.41) is 24.2. The maximum absolute atomic E-state index is 12.5. The molecule has 13 nitrogen and oxygen atoms in total. The molecule has 4 amide bonds. The van der Waals surface area contributed by atoms with Crippen molar-refractivity contribution in [1.29, 1.82) is 0 Å². The van der Waals surface area contributed by atoms with Crippen LogP contribution in [-0.2, 0) is 28.8 Å². The molecule has 0 aromatic rings. The molecule has 0 aromatic heterocycles. The van der Waals surface area contributed by atoms with E-state index in [1.54, 1.807) is 0 Å². The van der Waals surface area contributed by atoms with E-state index in [4.69, 9.17) is 21.7 Å². The Kier molecular flexibility index (Phi) is 13.3. The minimum absolute atomic E-state index is 0.290. The van der Waals surface area contributed by atoms with Crippen LogP contribution in [-0.4, -0.2) is 87.7 Å². The largest absolute Gasteiger partial charge is 0.481 e. The third-order valence-electron chi connectivity index (χ3n) is 3.82. The molecule has 15 heteroatoms. The molecule has 0 rings (SSSR count). The topological polar surface area (TPSA) is 231 Å². The molecule has 0 aliphatic heterocycles. The van der Waals surface area contributed by atoms with Crippen molar-refractivity contribution in [2.45, 2.75) is 43.4 Å². The number of thioether (sulfide) groups is 1. The first-order valence-corrected chi connectivity index (χ1v) is 10.9. The van der Waals surface area contributed by atoms with Gasteiger partial charge in [-0.15, -0.1) is 0 Å². The quantitative estimate of drug-likeness (QED) is 0.110. The second-order valence-corrected chi connectivity index (χ2v) is 7.71. The summed E-state index contributed by atoms with van der Waals surface area (Å²) in [6.45, 7) is 0. The normalized spacial score (nSPS) is 14.4. The number of hydrogen-bond donors (Lipinski definition) is 8. The highest BCUT2D eigenvalue weighted by Gasteiger charge is 2.31. The van der Waals surface area contributed by atoms with Gasteiger partial charge in [-0.25, -0.2) is 4.79 Å². The lowest BCUT2D eigenvalue weighted by Gasteiger charge is -2.23. The van der Waals surface area contributed by atoms with Crippen LogP contribution in [0.3, 0.4) is 0 Å². The first-order valence-electron chi connectivity index (χ1n) is 8.92. The fourth-order valence-corrected chi connectivity index (χ4v) is 2.93. The third kappa shape index (κ3) is 11.4. The maximum Gasteiger partial charge on any atom is 0.326 e. The van der Waals surface area contributed by atoms with Crippen LogP contribution in [0.2, 0.25) is 0 Å². The van der Waals surface area contributed by atoms with Gasteiger partial charge in [-0.05, 0) is 18.4 Å². The third-order valence-corrected chi connectivity index (χ3v) is 4.83. The molecule has 0 radical (unpaired) electrons. The molecule has 31 heavy (non-hydrogen) atoms. The van der Waals surface area contributed by atoms with E-state index in [2.05, 4.69) is 23.3 Å². The van der Waals surface area contributed by atoms with Gasteiger partial charge in [-0.1, -0.05) is 0 Å². The van der Waals surface area contributed by atoms with Crippen molar-refractivity contribution in [2.75, 3.05) is 17.8 Å². The molecule has 9 N–H and O–H groups in total. The number of rotatable bonds is 15. The molecule has 0 bridgehead atoms. The Morgan fingerprint density at radius 2 is 1.42 bits per heavy atom. The minimum Gasteiger partial charge on any atom is -0.481 e. The lowest BCUT2D eigenvalue weighted by atomic mass is 10.1. The molecule has 4 atom stereocenters. The molecule has 176 valence electrons. The van der Waals surface area contributed by atoms with Gasteiger partial charge >= 0.3 is 11.9 Å². The average molecular weight is 482 g/mol. The highest BCUT2D eigenvalue weighted by atomic mass is 32.2. The van der Waals surface area contributed by atoms with Crippen molar-refractivity contribution in [3.05, 3.63) is 0 Å². The second-order valence-electron chi connectivity index (χ2n) is 6.36. The van der Waals surface area contributed by atoms with Gasteiger partial charge < -0.3 is 37.6 Å². The number of carbonyl (C=O) groups excluding carboxylic acids is 4. The van der Waals surface area contributed by atoms with Crippen molar-refractivity contribution < 1.29 is 39.0 Å². The van der Waals surface area contributed by atoms with Crippen molar-refractivity contribution in [3.8, 4) is 0 Å². The molecule has 0 saturated heterocycles. The molecular formula is C16H27N5O8S2. The monoisotopic (exact) mass is 481 g/mol. The Labute approximate surface area is 187 Å². The lowest BCUT2D eigenvalue weighted by molar-refractivity contribution is -0.147. The number of carboxylic acids is 2. The van der Waals surface area contributed by atoms with Crippen LogP contribution in [0.15, 0.2) is 0 Å². The first-order chi connectivity index (χ1) is 14.4. The Morgan fingerprint density at radius 1 is 0.903 bits per heavy atom. The van der Waals surface area contributed by atoms with E-state index >= 15 is 0 Å². The van der Waals surface area contributed by atoms with Gasteiger partial charge in [0.15, 0.2) is 0 Å². The molecule has 0 heterocycles. The van der Waals surface area contributed by atoms with Gasteiger partial charge in [0.2, 0.25) is 23.6 Å². The van der Waals surface area contributed by atoms with Gasteiger partial charge in [0.05, 0.1) is 18.9 Å². The van der Waals surface area contributed by atoms with Gasteiger partial charge in [0.1, 0.15) is 18.1 Å². The Balaban J connectivity index is 5.23. The van der Waals surface area contributed by atoms with Gasteiger partial charge in [0.25, 0.3) is 0 Å². The molecule has 0 aliphatic carbocycles. The van der Waals surface area contributed by atoms with E-state index in [1.165, 1.54) is 11.8 Å². The number of thiol groups is 1. The van der Waals surface area contributed by atoms with E-state index in [1.807, 2.05) is 11.6 Å². The maximum atomic E-state index is 12.5. The lowest BCUT2D eigenvalue weighted by Crippen LogP contribution is -2.58. The summed E-state index contributed by atoms with van der Waals surface area (Å²) >= 11 is 5.38. The standard InChI is InChI=1S/C16H27N5O8S2/c1-31-3-2-7(17)13(25)19-8(4-11(18)22)14(26)21-10(6-30)15(27)20-9(16(28)29)5-12(23)24/h7-10,30H,2-6,17H2,1H3,(H2,18,22)(H,19,25)(H,20,27)(H,21,26)(H,23,24)(H,28,29). The highest BCUT2D eigenvalue weighted by Crippen LogP contribution is 2.02. The van der Waals surface area contributed by atoms with Crippen molar-refractivity contribution >= 4 is 60.0 Å². The van der Waals surface area contributed by atoms with Crippen LogP contribution < -0.4 is 27.4 Å². The van der Waals surface area contributed by atoms with E-state index in [0.29, 0.717) is 12.2 Å². The van der Waals surface area contributed by atoms with Crippen molar-refractivity contribution in [1.82, 2.24) is 16.0 Å². The summed E-state index contributed by atoms with van der Waals surface area (Å²) in [6.07, 6.45) is 0.675. The van der Waals surface area contributed by atoms with Crippen LogP contribution in [0, 0.1) is 0 Å². The smallest absolute Gasteiger partial charge is 0.326 e. The molecule has 0 fully saturated rings. The van der Waals surface area contributed by atoms with E-state index in [-0.39, 0.29) is 5.75 Å². The summed E-state index contributed by atoms with van der Waals surface area (Å²) in [6, 6.07) is -5.49. The number of carboxylic acid groups (broad SMARTS) is 2. The minimum atomic E-state index is -1.74. The summed E-state index contributed by atoms with van der Waals surface area (Å²) in [5.41, 5.74) is 10.8. The molecular weight excluding hydrogens is 454 g/mol. The van der Waals surface area contributed by atoms with E-state index < -0.39 is 72.6 Å². The highest BCUT2D eigenvalue weighted by molar-refractivity contribution is 7.98. The fourth-order valence-electron chi connectivity index (χ4n) is 2.18. The van der Waals surface area contributed by atoms with Gasteiger partial charge in [-0.2, -0.15) is 24.4 Å². The number of nitrogens with two attached hydrogens (primary N) is 2.